The number of carbonyl (C=O) groups is 2. The molecule has 1 heterocycles. The van der Waals surface area contributed by atoms with E-state index in [4.69, 9.17) is 9.47 Å². The molecule has 0 unspecified atom stereocenters. The zero-order valence-corrected chi connectivity index (χ0v) is 20.1. The van der Waals surface area contributed by atoms with Gasteiger partial charge in [-0.05, 0) is 66.9 Å². The Balaban J connectivity index is 1.32. The molecular formula is C28H31N3O4. The molecule has 1 aliphatic heterocycles. The highest BCUT2D eigenvalue weighted by Crippen LogP contribution is 2.20. The second-order valence-corrected chi connectivity index (χ2v) is 8.60. The average molecular weight is 474 g/mol. The topological polar surface area (TPSA) is 79.9 Å². The van der Waals surface area contributed by atoms with E-state index in [1.165, 1.54) is 5.56 Å². The van der Waals surface area contributed by atoms with Crippen molar-refractivity contribution in [1.29, 1.82) is 0 Å². The zero-order valence-electron chi connectivity index (χ0n) is 20.1. The Hall–Kier alpha value is -3.84. The van der Waals surface area contributed by atoms with E-state index in [1.807, 2.05) is 12.1 Å². The van der Waals surface area contributed by atoms with Gasteiger partial charge in [-0.1, -0.05) is 24.3 Å². The summed E-state index contributed by atoms with van der Waals surface area (Å²) < 4.78 is 10.5. The molecule has 35 heavy (non-hydrogen) atoms. The van der Waals surface area contributed by atoms with Crippen molar-refractivity contribution in [1.82, 2.24) is 10.2 Å². The fourth-order valence-corrected chi connectivity index (χ4v) is 4.25. The van der Waals surface area contributed by atoms with E-state index >= 15 is 0 Å². The van der Waals surface area contributed by atoms with Gasteiger partial charge in [-0.2, -0.15) is 0 Å². The number of likely N-dealkylation sites (tertiary alicyclic amines) is 1. The molecule has 0 bridgehead atoms. The first kappa shape index (κ1) is 24.3. The second kappa shape index (κ2) is 11.5. The molecular weight excluding hydrogens is 442 g/mol. The minimum absolute atomic E-state index is 0.0920. The molecule has 2 N–H and O–H groups in total. The van der Waals surface area contributed by atoms with Gasteiger partial charge in [0, 0.05) is 31.2 Å². The van der Waals surface area contributed by atoms with E-state index in [2.05, 4.69) is 27.7 Å². The summed E-state index contributed by atoms with van der Waals surface area (Å²) in [4.78, 5) is 28.2. The third-order valence-electron chi connectivity index (χ3n) is 6.24. The number of benzene rings is 3. The number of piperidine rings is 1. The van der Waals surface area contributed by atoms with Crippen molar-refractivity contribution < 1.29 is 19.1 Å². The van der Waals surface area contributed by atoms with Crippen LogP contribution in [-0.4, -0.2) is 50.1 Å². The third-order valence-corrected chi connectivity index (χ3v) is 6.24. The minimum atomic E-state index is -0.279. The van der Waals surface area contributed by atoms with E-state index < -0.39 is 0 Å². The van der Waals surface area contributed by atoms with Gasteiger partial charge in [-0.15, -0.1) is 0 Å². The van der Waals surface area contributed by atoms with Crippen LogP contribution in [-0.2, 0) is 6.54 Å². The number of anilines is 1. The van der Waals surface area contributed by atoms with Crippen LogP contribution in [0.3, 0.4) is 0 Å². The van der Waals surface area contributed by atoms with Crippen LogP contribution in [0.5, 0.6) is 11.5 Å². The molecule has 3 aromatic rings. The highest BCUT2D eigenvalue weighted by molar-refractivity contribution is 6.09. The highest BCUT2D eigenvalue weighted by atomic mass is 16.5. The summed E-state index contributed by atoms with van der Waals surface area (Å²) in [5.41, 5.74) is 2.65. The summed E-state index contributed by atoms with van der Waals surface area (Å²) in [5, 5.41) is 6.02. The van der Waals surface area contributed by atoms with Gasteiger partial charge in [-0.25, -0.2) is 0 Å². The number of nitrogens with zero attached hydrogens (tertiary/aromatic N) is 1. The molecule has 0 saturated carbocycles. The van der Waals surface area contributed by atoms with Crippen molar-refractivity contribution in [2.75, 3.05) is 32.6 Å². The number of para-hydroxylation sites is 1. The molecule has 1 saturated heterocycles. The molecule has 7 heteroatoms. The normalized spacial score (nSPS) is 14.2. The highest BCUT2D eigenvalue weighted by Gasteiger charge is 2.23. The Morgan fingerprint density at radius 1 is 0.857 bits per heavy atom. The van der Waals surface area contributed by atoms with Crippen molar-refractivity contribution in [2.24, 2.45) is 0 Å². The maximum atomic E-state index is 13.1. The van der Waals surface area contributed by atoms with Gasteiger partial charge in [0.15, 0.2) is 0 Å². The van der Waals surface area contributed by atoms with Gasteiger partial charge in [-0.3, -0.25) is 14.5 Å². The Kier molecular flexibility index (Phi) is 8.00. The Morgan fingerprint density at radius 2 is 1.57 bits per heavy atom. The number of nitrogens with one attached hydrogen (secondary N) is 2. The monoisotopic (exact) mass is 473 g/mol. The summed E-state index contributed by atoms with van der Waals surface area (Å²) in [6.07, 6.45) is 1.74. The van der Waals surface area contributed by atoms with Crippen LogP contribution in [0, 0.1) is 0 Å². The number of amides is 2. The third kappa shape index (κ3) is 6.39. The van der Waals surface area contributed by atoms with Crippen LogP contribution < -0.4 is 20.1 Å². The number of carbonyl (C=O) groups excluding carboxylic acids is 2. The Labute approximate surface area is 206 Å². The molecule has 182 valence electrons. The van der Waals surface area contributed by atoms with Crippen LogP contribution in [0.2, 0.25) is 0 Å². The van der Waals surface area contributed by atoms with Crippen LogP contribution >= 0.6 is 0 Å². The fourth-order valence-electron chi connectivity index (χ4n) is 4.25. The lowest BCUT2D eigenvalue weighted by molar-refractivity contribution is 0.0909. The summed E-state index contributed by atoms with van der Waals surface area (Å²) in [7, 11) is 3.25. The standard InChI is InChI=1S/C28H31N3O4/c1-34-23-12-10-21(11-13-23)27(32)30-26-9-4-3-8-25(26)28(33)29-22-14-16-31(17-15-22)19-20-6-5-7-24(18-20)35-2/h3-13,18,22H,14-17,19H2,1-2H3,(H,29,33)(H,30,32). The number of ether oxygens (including phenoxy) is 2. The van der Waals surface area contributed by atoms with E-state index in [0.29, 0.717) is 22.6 Å². The molecule has 0 aliphatic carbocycles. The first-order valence-corrected chi connectivity index (χ1v) is 11.8. The van der Waals surface area contributed by atoms with Gasteiger partial charge in [0.25, 0.3) is 11.8 Å². The summed E-state index contributed by atoms with van der Waals surface area (Å²) in [6, 6.07) is 22.1. The molecule has 4 rings (SSSR count). The Morgan fingerprint density at radius 3 is 2.29 bits per heavy atom. The number of rotatable bonds is 8. The summed E-state index contributed by atoms with van der Waals surface area (Å²) in [5.74, 6) is 1.08. The average Bonchev–Trinajstić information content (AvgIpc) is 2.90. The lowest BCUT2D eigenvalue weighted by Gasteiger charge is -2.32. The van der Waals surface area contributed by atoms with E-state index in [1.54, 1.807) is 62.8 Å². The number of hydrogen-bond donors (Lipinski definition) is 2. The number of hydrogen-bond acceptors (Lipinski definition) is 5. The lowest BCUT2D eigenvalue weighted by Crippen LogP contribution is -2.44. The predicted octanol–water partition coefficient (Wildman–Crippen LogP) is 4.35. The molecule has 0 spiro atoms. The smallest absolute Gasteiger partial charge is 0.255 e. The first-order chi connectivity index (χ1) is 17.1. The van der Waals surface area contributed by atoms with Crippen molar-refractivity contribution in [3.8, 4) is 11.5 Å². The first-order valence-electron chi connectivity index (χ1n) is 11.8. The van der Waals surface area contributed by atoms with Gasteiger partial charge in [0.05, 0.1) is 25.5 Å². The quantitative estimate of drug-likeness (QED) is 0.509. The SMILES string of the molecule is COc1ccc(C(=O)Nc2ccccc2C(=O)NC2CCN(Cc3cccc(OC)c3)CC2)cc1. The van der Waals surface area contributed by atoms with E-state index in [0.717, 1.165) is 38.2 Å². The van der Waals surface area contributed by atoms with Crippen molar-refractivity contribution in [3.05, 3.63) is 89.5 Å². The molecule has 2 amide bonds. The molecule has 0 atom stereocenters. The van der Waals surface area contributed by atoms with Gasteiger partial charge < -0.3 is 20.1 Å². The molecule has 1 fully saturated rings. The Bertz CT molecular complexity index is 1150. The molecule has 3 aromatic carbocycles. The summed E-state index contributed by atoms with van der Waals surface area (Å²) in [6.45, 7) is 2.66. The second-order valence-electron chi connectivity index (χ2n) is 8.60. The van der Waals surface area contributed by atoms with Gasteiger partial charge in [0.2, 0.25) is 0 Å². The molecule has 7 nitrogen and oxygen atoms in total. The predicted molar refractivity (Wildman–Crippen MR) is 136 cm³/mol. The minimum Gasteiger partial charge on any atom is -0.497 e. The summed E-state index contributed by atoms with van der Waals surface area (Å²) >= 11 is 0. The maximum absolute atomic E-state index is 13.1. The van der Waals surface area contributed by atoms with Crippen molar-refractivity contribution >= 4 is 17.5 Å². The van der Waals surface area contributed by atoms with Gasteiger partial charge in [0.1, 0.15) is 11.5 Å². The van der Waals surface area contributed by atoms with Crippen LogP contribution in [0.25, 0.3) is 0 Å². The van der Waals surface area contributed by atoms with E-state index in [-0.39, 0.29) is 17.9 Å². The van der Waals surface area contributed by atoms with Crippen LogP contribution in [0.15, 0.2) is 72.8 Å². The van der Waals surface area contributed by atoms with Crippen molar-refractivity contribution in [3.63, 3.8) is 0 Å². The molecule has 0 radical (unpaired) electrons. The van der Waals surface area contributed by atoms with E-state index in [9.17, 15) is 9.59 Å². The fraction of sp³-hybridized carbons (Fsp3) is 0.286. The number of methoxy groups -OCH3 is 2. The molecule has 0 aromatic heterocycles. The van der Waals surface area contributed by atoms with Crippen LogP contribution in [0.4, 0.5) is 5.69 Å². The van der Waals surface area contributed by atoms with Crippen molar-refractivity contribution in [2.45, 2.75) is 25.4 Å². The zero-order chi connectivity index (χ0) is 24.6. The van der Waals surface area contributed by atoms with Gasteiger partial charge >= 0.3 is 0 Å². The largest absolute Gasteiger partial charge is 0.497 e. The molecule has 1 aliphatic rings. The lowest BCUT2D eigenvalue weighted by atomic mass is 10.0. The van der Waals surface area contributed by atoms with Crippen LogP contribution in [0.1, 0.15) is 39.1 Å². The maximum Gasteiger partial charge on any atom is 0.255 e.